The summed E-state index contributed by atoms with van der Waals surface area (Å²) in [6.45, 7) is 0. The van der Waals surface area contributed by atoms with Gasteiger partial charge in [0.1, 0.15) is 0 Å². The van der Waals surface area contributed by atoms with Crippen LogP contribution in [0.15, 0.2) is 170 Å². The van der Waals surface area contributed by atoms with E-state index >= 15 is 0 Å². The summed E-state index contributed by atoms with van der Waals surface area (Å²) in [5, 5.41) is 5.02. The number of hydrogen-bond acceptors (Lipinski definition) is 10. The van der Waals surface area contributed by atoms with Gasteiger partial charge in [-0.05, 0) is 48.5 Å². The molecule has 1 fully saturated rings. The van der Waals surface area contributed by atoms with Gasteiger partial charge in [0.2, 0.25) is 22.1 Å². The SMILES string of the molecule is O.O.O.O.O.O.O.O.[O-2].[O-2].[O-2].[O-2].[O-2].[O-2].[O-2].[O-2].[O-2].[O-2].[O-2].[O-2].[O-2].[O-2].[O-2].[O-2].[O-2].[O-2].[O-][Te]1([O-])([O-])([O-])O[Te]([O-])([O-])([O-])([O-])O1.[V].[V].[V].[V].[V].[V].[V].[V].c1ccc2[nH+]cccc2c1.c1ccc2[nH+]cccc2c1.c1ccc2[nH+]cccc2c1.c1ccc2[nH+]cccc2c1. The second kappa shape index (κ2) is 76.8. The summed E-state index contributed by atoms with van der Waals surface area (Å²) in [4.78, 5) is 12.6. The zero-order chi connectivity index (χ0) is 37.5. The van der Waals surface area contributed by atoms with Crippen molar-refractivity contribution < 1.29 is 341 Å². The molecule has 1 saturated heterocycles. The van der Waals surface area contributed by atoms with Gasteiger partial charge in [0.25, 0.3) is 0 Å². The molecule has 1 aliphatic rings. The number of hydrogen-bond donors (Lipinski definition) is 0. The molecule has 20 N–H and O–H groups in total. The smallest absolute Gasteiger partial charge is 0.210 e. The second-order valence-electron chi connectivity index (χ2n) is 11.2. The molecular formula is C36H48N4O36Te2V8-40. The van der Waals surface area contributed by atoms with Crippen molar-refractivity contribution in [2.75, 3.05) is 0 Å². The molecule has 0 spiro atoms. The number of para-hydroxylation sites is 4. The molecule has 4 aromatic heterocycles. The second-order valence-corrected chi connectivity index (χ2v) is 28.8. The maximum Gasteiger partial charge on any atom is 0.210 e. The van der Waals surface area contributed by atoms with Crippen LogP contribution in [-0.4, -0.2) is 79.6 Å². The van der Waals surface area contributed by atoms with Crippen LogP contribution in [0.1, 0.15) is 0 Å². The van der Waals surface area contributed by atoms with Crippen LogP contribution in [0.4, 0.5) is 0 Å². The molecule has 0 unspecified atom stereocenters. The summed E-state index contributed by atoms with van der Waals surface area (Å²) in [5.74, 6) is 0. The molecule has 40 nitrogen and oxygen atoms in total. The summed E-state index contributed by atoms with van der Waals surface area (Å²) >= 11 is -19.2. The number of aromatic nitrogens is 4. The van der Waals surface area contributed by atoms with Crippen LogP contribution in [0.25, 0.3) is 43.6 Å². The predicted octanol–water partition coefficient (Wildman–Crippen LogP) is -12.6. The van der Waals surface area contributed by atoms with E-state index in [-0.39, 0.29) is 291 Å². The van der Waals surface area contributed by atoms with E-state index in [1.54, 1.807) is 0 Å². The first-order valence-electron chi connectivity index (χ1n) is 15.3. The van der Waals surface area contributed by atoms with Crippen LogP contribution < -0.4 is 47.7 Å². The predicted molar refractivity (Wildman–Crippen MR) is 217 cm³/mol. The Morgan fingerprint density at radius 2 is 0.326 bits per heavy atom. The molecule has 0 bridgehead atoms. The van der Waals surface area contributed by atoms with Gasteiger partial charge in [0, 0.05) is 219 Å². The van der Waals surface area contributed by atoms with Gasteiger partial charge >= 0.3 is 66.5 Å². The molecule has 8 radical (unpaired) electrons. The number of aromatic amines is 4. The van der Waals surface area contributed by atoms with Crippen molar-refractivity contribution in [1.29, 1.82) is 0 Å². The molecule has 4 aromatic carbocycles. The maximum absolute atomic E-state index is 9.86. The Morgan fingerprint density at radius 1 is 0.209 bits per heavy atom. The number of benzene rings is 4. The molecule has 0 saturated carbocycles. The van der Waals surface area contributed by atoms with E-state index in [4.69, 9.17) is 0 Å². The first kappa shape index (κ1) is 198. The minimum Gasteiger partial charge on any atom is -0.211 e. The van der Waals surface area contributed by atoms with E-state index in [0.29, 0.717) is 0 Å². The molecule has 5 heterocycles. The van der Waals surface area contributed by atoms with Gasteiger partial charge in [-0.2, -0.15) is 0 Å². The average Bonchev–Trinajstić information content (AvgIpc) is 3.10. The third kappa shape index (κ3) is 67.7. The molecule has 0 atom stereocenters. The van der Waals surface area contributed by atoms with Crippen LogP contribution in [0.2, 0.25) is 0 Å². The first-order valence-corrected chi connectivity index (χ1v) is 26.7. The zero-order valence-electron chi connectivity index (χ0n) is 42.0. The van der Waals surface area contributed by atoms with Crippen molar-refractivity contribution in [3.8, 4) is 0 Å². The van der Waals surface area contributed by atoms with Crippen LogP contribution in [0.3, 0.4) is 0 Å². The molecule has 50 heteroatoms. The van der Waals surface area contributed by atoms with Crippen molar-refractivity contribution >= 4 is 79.4 Å². The largest absolute Gasteiger partial charge is 0.211 e. The quantitative estimate of drug-likeness (QED) is 0.129. The van der Waals surface area contributed by atoms with Gasteiger partial charge in [-0.15, -0.1) is 0 Å². The summed E-state index contributed by atoms with van der Waals surface area (Å²) in [6.07, 6.45) is 7.73. The minimum absolute atomic E-state index is 0. The van der Waals surface area contributed by atoms with Gasteiger partial charge < -0.3 is 142 Å². The monoisotopic (exact) mass is 1780 g/mol. The summed E-state index contributed by atoms with van der Waals surface area (Å²) in [6, 6.07) is 49.2. The fraction of sp³-hybridized carbons (Fsp3) is 0. The summed E-state index contributed by atoms with van der Waals surface area (Å²) in [7, 11) is 0. The Hall–Kier alpha value is -0.665. The Kier molecular flexibility index (Phi) is 177. The average molecular weight is 1780 g/mol. The molecule has 1 aliphatic heterocycles. The fourth-order valence-corrected chi connectivity index (χ4v) is 30.0. The van der Waals surface area contributed by atoms with E-state index in [2.05, 4.69) is 92.7 Å². The van der Waals surface area contributed by atoms with Crippen molar-refractivity contribution in [3.63, 3.8) is 0 Å². The van der Waals surface area contributed by atoms with E-state index in [9.17, 15) is 27.8 Å². The van der Waals surface area contributed by atoms with Crippen molar-refractivity contribution in [2.45, 2.75) is 0 Å². The van der Waals surface area contributed by atoms with E-state index in [1.807, 2.05) is 101 Å². The van der Waals surface area contributed by atoms with Gasteiger partial charge in [-0.1, -0.05) is 48.5 Å². The zero-order valence-corrected chi connectivity index (χ0v) is 57.8. The Bertz CT molecular complexity index is 1960. The van der Waals surface area contributed by atoms with E-state index in [0.717, 1.165) is 0 Å². The molecule has 8 aromatic rings. The topological polar surface area (TPSA) is 1020 Å². The Morgan fingerprint density at radius 3 is 0.430 bits per heavy atom. The molecular weight excluding hydrogens is 1730 g/mol. The fourth-order valence-electron chi connectivity index (χ4n) is 4.83. The maximum atomic E-state index is 9.86. The summed E-state index contributed by atoms with van der Waals surface area (Å²) < 4.78 is 82.9. The number of nitrogens with one attached hydrogen (secondary N) is 4. The number of H-pyrrole nitrogens is 4. The van der Waals surface area contributed by atoms with Crippen molar-refractivity contribution in [1.82, 2.24) is 0 Å². The standard InChI is InChI=1S/4C9H7N.H8O10Te2.8H2O.18O.8V/c4*1-2-6-9-8(4-1)5-3-7-10-9;1-11(2,3,4)9-12(5,6,7,8)10-11;;;;;;;;;;;;;;;;;;;;;;;;;;;;;;;;;;/h4*1-7H;1-8H;8*1H2;;;;;;;;;;;;;;;;;;;;;;;;;;/q;;;;;;;;;;;;;18*-2;;;;;;;;/p-4. The van der Waals surface area contributed by atoms with Crippen molar-refractivity contribution in [2.24, 2.45) is 0 Å². The first-order chi connectivity index (χ1) is 24.3. The minimum atomic E-state index is -9.60. The van der Waals surface area contributed by atoms with E-state index < -0.39 is 35.8 Å². The third-order valence-corrected chi connectivity index (χ3v) is 31.3. The van der Waals surface area contributed by atoms with Gasteiger partial charge in [-0.25, -0.2) is 19.9 Å². The number of rotatable bonds is 0. The van der Waals surface area contributed by atoms with E-state index in [1.165, 1.54) is 43.6 Å². The number of fused-ring (bicyclic) bond motifs is 4. The normalized spacial score (nSPS) is 12.2. The molecule has 0 amide bonds. The number of pyridine rings is 4. The third-order valence-electron chi connectivity index (χ3n) is 6.84. The van der Waals surface area contributed by atoms with Crippen LogP contribution in [0, 0.1) is 0 Å². The Labute approximate surface area is 585 Å². The van der Waals surface area contributed by atoms with Crippen LogP contribution in [0.5, 0.6) is 0 Å². The molecule has 0 aliphatic carbocycles. The van der Waals surface area contributed by atoms with Crippen LogP contribution >= 0.6 is 0 Å². The van der Waals surface area contributed by atoms with Crippen molar-refractivity contribution in [3.05, 3.63) is 170 Å². The Balaban J connectivity index is -0.0000000148. The van der Waals surface area contributed by atoms with Gasteiger partial charge in [0.15, 0.2) is 24.8 Å². The molecule has 9 rings (SSSR count). The van der Waals surface area contributed by atoms with Gasteiger partial charge in [-0.3, -0.25) is 0 Å². The summed E-state index contributed by atoms with van der Waals surface area (Å²) in [5.41, 5.74) is 4.74. The van der Waals surface area contributed by atoms with Crippen LogP contribution in [-0.2, 0) is 250 Å². The molecule has 86 heavy (non-hydrogen) atoms. The van der Waals surface area contributed by atoms with Gasteiger partial charge in [0.05, 0.1) is 0 Å². The molecule has 520 valence electrons.